The Hall–Kier alpha value is -1.25. The Kier molecular flexibility index (Phi) is 3.02. The first-order valence-electron chi connectivity index (χ1n) is 5.91. The largest absolute Gasteiger partial charge is 0.284 e. The second kappa shape index (κ2) is 4.21. The third kappa shape index (κ3) is 2.38. The van der Waals surface area contributed by atoms with E-state index in [-0.39, 0.29) is 6.99 Å². The second-order valence-electron chi connectivity index (χ2n) is 5.02. The average molecular weight is 239 g/mol. The maximum absolute atomic E-state index is 13.5. The van der Waals surface area contributed by atoms with Crippen LogP contribution in [0.4, 0.5) is 8.78 Å². The zero-order chi connectivity index (χ0) is 12.6. The van der Waals surface area contributed by atoms with Crippen molar-refractivity contribution in [3.8, 4) is 0 Å². The summed E-state index contributed by atoms with van der Waals surface area (Å²) in [5.41, 5.74) is 1.20. The molecule has 0 spiro atoms. The van der Waals surface area contributed by atoms with E-state index in [0.29, 0.717) is 17.8 Å². The smallest absolute Gasteiger partial charge is 0.272 e. The van der Waals surface area contributed by atoms with Gasteiger partial charge in [0.05, 0.1) is 5.36 Å². The monoisotopic (exact) mass is 239 g/mol. The molecule has 3 heteroatoms. The molecule has 1 nitrogen and oxygen atoms in total. The molecule has 1 unspecified atom stereocenters. The lowest BCUT2D eigenvalue weighted by Crippen LogP contribution is -2.34. The van der Waals surface area contributed by atoms with Crippen molar-refractivity contribution >= 4 is 5.57 Å². The summed E-state index contributed by atoms with van der Waals surface area (Å²) in [7, 11) is 0. The van der Waals surface area contributed by atoms with Crippen LogP contribution < -0.4 is 10.6 Å². The lowest BCUT2D eigenvalue weighted by molar-refractivity contribution is 0.0160. The molecular formula is C14H19F2N. The molecule has 1 aromatic rings. The number of rotatable bonds is 1. The van der Waals surface area contributed by atoms with Crippen molar-refractivity contribution in [3.05, 3.63) is 34.3 Å². The number of halogens is 2. The molecule has 0 saturated heterocycles. The number of fused-ring (bicyclic) bond motifs is 1. The molecule has 0 bridgehead atoms. The highest BCUT2D eigenvalue weighted by atomic mass is 19.3. The van der Waals surface area contributed by atoms with Gasteiger partial charge in [-0.2, -0.15) is 0 Å². The maximum Gasteiger partial charge on any atom is 0.272 e. The fourth-order valence-electron chi connectivity index (χ4n) is 2.36. The predicted octanol–water partition coefficient (Wildman–Crippen LogP) is 2.87. The summed E-state index contributed by atoms with van der Waals surface area (Å²) in [5.74, 6) is -2.41. The Morgan fingerprint density at radius 2 is 2.12 bits per heavy atom. The summed E-state index contributed by atoms with van der Waals surface area (Å²) in [6, 6.07) is 5.06. The summed E-state index contributed by atoms with van der Waals surface area (Å²) in [5, 5.41) is 1.37. The highest BCUT2D eigenvalue weighted by Crippen LogP contribution is 2.23. The molecule has 1 atom stereocenters. The quantitative estimate of drug-likeness (QED) is 0.714. The van der Waals surface area contributed by atoms with Crippen LogP contribution in [-0.4, -0.2) is 6.54 Å². The first kappa shape index (κ1) is 12.2. The van der Waals surface area contributed by atoms with Gasteiger partial charge in [-0.1, -0.05) is 30.7 Å². The summed E-state index contributed by atoms with van der Waals surface area (Å²) in [6.45, 7) is 5.66. The molecule has 1 aliphatic rings. The van der Waals surface area contributed by atoms with Gasteiger partial charge in [0.15, 0.2) is 0 Å². The van der Waals surface area contributed by atoms with E-state index >= 15 is 0 Å². The van der Waals surface area contributed by atoms with Crippen molar-refractivity contribution in [1.29, 1.82) is 0 Å². The van der Waals surface area contributed by atoms with E-state index in [2.05, 4.69) is 11.9 Å². The van der Waals surface area contributed by atoms with Crippen molar-refractivity contribution in [3.63, 3.8) is 0 Å². The third-order valence-electron chi connectivity index (χ3n) is 3.18. The van der Waals surface area contributed by atoms with Gasteiger partial charge in [0, 0.05) is 20.5 Å². The van der Waals surface area contributed by atoms with Gasteiger partial charge in [-0.15, -0.1) is 0 Å². The van der Waals surface area contributed by atoms with E-state index in [0.717, 1.165) is 24.1 Å². The molecule has 0 fully saturated rings. The van der Waals surface area contributed by atoms with Crippen LogP contribution >= 0.6 is 0 Å². The topological polar surface area (TPSA) is 12.4 Å². The van der Waals surface area contributed by atoms with Crippen LogP contribution in [0.15, 0.2) is 23.2 Å². The summed E-state index contributed by atoms with van der Waals surface area (Å²) >= 11 is 0. The number of nitrogens with zero attached hydrogens (tertiary/aromatic N) is 1. The molecule has 0 saturated carbocycles. The molecule has 1 aromatic carbocycles. The number of alkyl halides is 2. The standard InChI is InChI=1S/C14H17F2N.H2/c1-9-7-10(2)11-5-4-6-12(14(3,15)16)13(11)17-8-9;/h4-6,9H,7-8H2,1-3H3;1H. The third-order valence-corrected chi connectivity index (χ3v) is 3.18. The molecule has 0 N–H and O–H groups in total. The Bertz CT molecular complexity index is 546. The van der Waals surface area contributed by atoms with Crippen molar-refractivity contribution in [2.75, 3.05) is 6.54 Å². The zero-order valence-corrected chi connectivity index (χ0v) is 10.4. The van der Waals surface area contributed by atoms with Gasteiger partial charge in [-0.3, -0.25) is 4.99 Å². The summed E-state index contributed by atoms with van der Waals surface area (Å²) in [4.78, 5) is 4.38. The Morgan fingerprint density at radius 3 is 2.76 bits per heavy atom. The van der Waals surface area contributed by atoms with Gasteiger partial charge in [0.2, 0.25) is 0 Å². The number of benzene rings is 1. The molecule has 0 aliphatic carbocycles. The van der Waals surface area contributed by atoms with Crippen LogP contribution in [-0.2, 0) is 5.92 Å². The average Bonchev–Trinajstić information content (AvgIpc) is 2.37. The lowest BCUT2D eigenvalue weighted by atomic mass is 10.0. The number of hydrogen-bond donors (Lipinski definition) is 0. The Balaban J connectivity index is 0.00000162. The normalized spacial score (nSPS) is 20.5. The molecule has 1 aliphatic heterocycles. The molecule has 2 rings (SSSR count). The first-order valence-corrected chi connectivity index (χ1v) is 5.91. The van der Waals surface area contributed by atoms with Gasteiger partial charge in [0.25, 0.3) is 5.92 Å². The molecule has 94 valence electrons. The summed E-state index contributed by atoms with van der Waals surface area (Å²) < 4.78 is 27.1. The predicted molar refractivity (Wildman–Crippen MR) is 66.6 cm³/mol. The van der Waals surface area contributed by atoms with Gasteiger partial charge >= 0.3 is 0 Å². The maximum atomic E-state index is 13.5. The SMILES string of the molecule is CC1=c2cccc(C(C)(F)F)c2=NCC(C)C1.[HH]. The van der Waals surface area contributed by atoms with Gasteiger partial charge in [-0.25, -0.2) is 8.78 Å². The molecule has 0 amide bonds. The van der Waals surface area contributed by atoms with Crippen molar-refractivity contribution < 1.29 is 10.2 Å². The minimum absolute atomic E-state index is 0. The molecular weight excluding hydrogens is 220 g/mol. The van der Waals surface area contributed by atoms with E-state index in [4.69, 9.17) is 0 Å². The summed E-state index contributed by atoms with van der Waals surface area (Å²) in [6.07, 6.45) is 0.926. The molecule has 1 heterocycles. The van der Waals surface area contributed by atoms with Gasteiger partial charge in [-0.05, 0) is 24.5 Å². The Labute approximate surface area is 101 Å². The highest BCUT2D eigenvalue weighted by molar-refractivity contribution is 5.43. The van der Waals surface area contributed by atoms with Gasteiger partial charge < -0.3 is 0 Å². The van der Waals surface area contributed by atoms with E-state index in [1.54, 1.807) is 6.07 Å². The minimum atomic E-state index is -2.83. The van der Waals surface area contributed by atoms with Crippen LogP contribution in [0, 0.1) is 5.92 Å². The molecule has 0 aromatic heterocycles. The minimum Gasteiger partial charge on any atom is -0.284 e. The van der Waals surface area contributed by atoms with E-state index in [1.807, 2.05) is 13.0 Å². The molecule has 17 heavy (non-hydrogen) atoms. The highest BCUT2D eigenvalue weighted by Gasteiger charge is 2.27. The van der Waals surface area contributed by atoms with Crippen LogP contribution in [0.1, 0.15) is 34.2 Å². The number of para-hydroxylation sites is 1. The van der Waals surface area contributed by atoms with Crippen LogP contribution in [0.3, 0.4) is 0 Å². The van der Waals surface area contributed by atoms with Crippen LogP contribution in [0.5, 0.6) is 0 Å². The Morgan fingerprint density at radius 1 is 1.41 bits per heavy atom. The van der Waals surface area contributed by atoms with Crippen molar-refractivity contribution in [2.45, 2.75) is 33.1 Å². The lowest BCUT2D eigenvalue weighted by Gasteiger charge is -2.11. The second-order valence-corrected chi connectivity index (χ2v) is 5.02. The van der Waals surface area contributed by atoms with E-state index < -0.39 is 5.92 Å². The fourth-order valence-corrected chi connectivity index (χ4v) is 2.36. The zero-order valence-electron chi connectivity index (χ0n) is 10.4. The van der Waals surface area contributed by atoms with E-state index in [1.165, 1.54) is 6.07 Å². The first-order chi connectivity index (χ1) is 7.89. The van der Waals surface area contributed by atoms with Crippen molar-refractivity contribution in [2.24, 2.45) is 10.9 Å². The van der Waals surface area contributed by atoms with Crippen molar-refractivity contribution in [1.82, 2.24) is 0 Å². The van der Waals surface area contributed by atoms with Gasteiger partial charge in [0.1, 0.15) is 0 Å². The number of hydrogen-bond acceptors (Lipinski definition) is 1. The van der Waals surface area contributed by atoms with E-state index in [9.17, 15) is 8.78 Å². The fraction of sp³-hybridized carbons (Fsp3) is 0.500. The molecule has 0 radical (unpaired) electrons. The van der Waals surface area contributed by atoms with Crippen LogP contribution in [0.25, 0.3) is 5.57 Å². The van der Waals surface area contributed by atoms with Crippen LogP contribution in [0.2, 0.25) is 0 Å².